The first-order chi connectivity index (χ1) is 6.31. The van der Waals surface area contributed by atoms with Gasteiger partial charge in [0.15, 0.2) is 0 Å². The average molecular weight is 181 g/mol. The van der Waals surface area contributed by atoms with E-state index in [1.54, 1.807) is 31.4 Å². The number of methoxy groups -OCH3 is 1. The molecule has 4 heteroatoms. The number of rotatable bonds is 3. The molecule has 0 bridgehead atoms. The number of aliphatic hydroxyl groups is 1. The number of benzene rings is 1. The Hall–Kier alpha value is -1.55. The molecule has 0 aliphatic rings. The Labute approximate surface area is 76.1 Å². The summed E-state index contributed by atoms with van der Waals surface area (Å²) in [5, 5.41) is 20.3. The molecule has 0 aliphatic heterocycles. The van der Waals surface area contributed by atoms with Crippen molar-refractivity contribution in [2.45, 2.75) is 0 Å². The minimum atomic E-state index is -0.302. The number of oxime groups is 1. The van der Waals surface area contributed by atoms with Crippen LogP contribution in [-0.4, -0.2) is 29.7 Å². The van der Waals surface area contributed by atoms with Gasteiger partial charge in [0.2, 0.25) is 0 Å². The number of hydrogen-bond donors (Lipinski definition) is 2. The van der Waals surface area contributed by atoms with E-state index in [4.69, 9.17) is 15.1 Å². The molecule has 2 N–H and O–H groups in total. The number of ether oxygens (including phenoxy) is 1. The van der Waals surface area contributed by atoms with E-state index in [0.717, 1.165) is 0 Å². The van der Waals surface area contributed by atoms with Gasteiger partial charge in [0.25, 0.3) is 0 Å². The molecule has 0 saturated carbocycles. The molecule has 70 valence electrons. The molecule has 0 spiro atoms. The van der Waals surface area contributed by atoms with E-state index in [-0.39, 0.29) is 12.3 Å². The van der Waals surface area contributed by atoms with Crippen LogP contribution in [0.1, 0.15) is 5.56 Å². The summed E-state index contributed by atoms with van der Waals surface area (Å²) >= 11 is 0. The summed E-state index contributed by atoms with van der Waals surface area (Å²) in [5.74, 6) is 0.659. The molecule has 0 atom stereocenters. The quantitative estimate of drug-likeness (QED) is 0.413. The highest BCUT2D eigenvalue weighted by Crippen LogP contribution is 2.12. The maximum absolute atomic E-state index is 8.81. The van der Waals surface area contributed by atoms with Crippen molar-refractivity contribution < 1.29 is 15.1 Å². The Balaban J connectivity index is 3.00. The number of hydrogen-bond acceptors (Lipinski definition) is 4. The van der Waals surface area contributed by atoms with Crippen LogP contribution in [0.4, 0.5) is 0 Å². The minimum absolute atomic E-state index is 0.221. The fraction of sp³-hybridized carbons (Fsp3) is 0.222. The van der Waals surface area contributed by atoms with Crippen LogP contribution in [0.15, 0.2) is 29.4 Å². The normalized spacial score (nSPS) is 11.4. The van der Waals surface area contributed by atoms with E-state index in [2.05, 4.69) is 5.16 Å². The summed E-state index contributed by atoms with van der Waals surface area (Å²) in [6.45, 7) is -0.302. The number of aliphatic hydroxyl groups excluding tert-OH is 1. The highest BCUT2D eigenvalue weighted by Gasteiger charge is 2.03. The molecular formula is C9H11NO3. The van der Waals surface area contributed by atoms with E-state index in [1.165, 1.54) is 0 Å². The van der Waals surface area contributed by atoms with Gasteiger partial charge in [-0.25, -0.2) is 0 Å². The zero-order valence-corrected chi connectivity index (χ0v) is 7.27. The molecule has 0 heterocycles. The average Bonchev–Trinajstić information content (AvgIpc) is 2.20. The first kappa shape index (κ1) is 9.54. The highest BCUT2D eigenvalue weighted by atomic mass is 16.5. The third-order valence-corrected chi connectivity index (χ3v) is 1.67. The Morgan fingerprint density at radius 3 is 2.85 bits per heavy atom. The van der Waals surface area contributed by atoms with Crippen molar-refractivity contribution in [3.05, 3.63) is 29.8 Å². The number of nitrogens with zero attached hydrogens (tertiary/aromatic N) is 1. The summed E-state index contributed by atoms with van der Waals surface area (Å²) < 4.78 is 4.98. The molecule has 0 fully saturated rings. The van der Waals surface area contributed by atoms with E-state index >= 15 is 0 Å². The van der Waals surface area contributed by atoms with Crippen LogP contribution in [0.3, 0.4) is 0 Å². The summed E-state index contributed by atoms with van der Waals surface area (Å²) in [6.07, 6.45) is 0. The van der Waals surface area contributed by atoms with Gasteiger partial charge < -0.3 is 15.1 Å². The second-order valence-corrected chi connectivity index (χ2v) is 2.44. The molecule has 0 unspecified atom stereocenters. The fourth-order valence-corrected chi connectivity index (χ4v) is 0.983. The van der Waals surface area contributed by atoms with Gasteiger partial charge in [-0.15, -0.1) is 0 Å². The summed E-state index contributed by atoms with van der Waals surface area (Å²) in [4.78, 5) is 0. The molecular weight excluding hydrogens is 170 g/mol. The molecule has 0 radical (unpaired) electrons. The molecule has 0 aromatic heterocycles. The molecule has 1 aromatic carbocycles. The van der Waals surface area contributed by atoms with Crippen molar-refractivity contribution in [1.29, 1.82) is 0 Å². The third-order valence-electron chi connectivity index (χ3n) is 1.67. The monoisotopic (exact) mass is 181 g/mol. The van der Waals surface area contributed by atoms with Crippen LogP contribution in [0, 0.1) is 0 Å². The maximum atomic E-state index is 8.81. The minimum Gasteiger partial charge on any atom is -0.497 e. The second kappa shape index (κ2) is 4.47. The Morgan fingerprint density at radius 2 is 2.31 bits per heavy atom. The van der Waals surface area contributed by atoms with Gasteiger partial charge in [-0.05, 0) is 12.1 Å². The predicted octanol–water partition coefficient (Wildman–Crippen LogP) is 0.866. The van der Waals surface area contributed by atoms with Crippen LogP contribution in [-0.2, 0) is 0 Å². The van der Waals surface area contributed by atoms with Crippen molar-refractivity contribution >= 4 is 5.71 Å². The largest absolute Gasteiger partial charge is 0.497 e. The lowest BCUT2D eigenvalue weighted by atomic mass is 10.1. The van der Waals surface area contributed by atoms with E-state index < -0.39 is 0 Å². The molecule has 4 nitrogen and oxygen atoms in total. The predicted molar refractivity (Wildman–Crippen MR) is 48.4 cm³/mol. The van der Waals surface area contributed by atoms with Crippen molar-refractivity contribution in [2.75, 3.05) is 13.7 Å². The van der Waals surface area contributed by atoms with Gasteiger partial charge in [0.1, 0.15) is 11.5 Å². The van der Waals surface area contributed by atoms with E-state index in [9.17, 15) is 0 Å². The van der Waals surface area contributed by atoms with E-state index in [1.807, 2.05) is 0 Å². The zero-order valence-electron chi connectivity index (χ0n) is 7.27. The van der Waals surface area contributed by atoms with Crippen LogP contribution in [0.2, 0.25) is 0 Å². The first-order valence-electron chi connectivity index (χ1n) is 3.78. The standard InChI is InChI=1S/C9H11NO3/c1-13-8-4-2-3-7(5-8)9(6-11)10-12/h2-5,11-12H,6H2,1H3/b10-9-. The van der Waals surface area contributed by atoms with Gasteiger partial charge in [0.05, 0.1) is 13.7 Å². The second-order valence-electron chi connectivity index (χ2n) is 2.44. The van der Waals surface area contributed by atoms with Gasteiger partial charge in [-0.3, -0.25) is 0 Å². The lowest BCUT2D eigenvalue weighted by Gasteiger charge is -2.03. The Bertz CT molecular complexity index is 309. The first-order valence-corrected chi connectivity index (χ1v) is 3.78. The molecule has 1 rings (SSSR count). The Kier molecular flexibility index (Phi) is 3.28. The van der Waals surface area contributed by atoms with Crippen LogP contribution < -0.4 is 4.74 Å². The SMILES string of the molecule is COc1cccc(/C(CO)=N\O)c1. The molecule has 0 aliphatic carbocycles. The van der Waals surface area contributed by atoms with Gasteiger partial charge in [-0.1, -0.05) is 17.3 Å². The van der Waals surface area contributed by atoms with Crippen molar-refractivity contribution in [1.82, 2.24) is 0 Å². The van der Waals surface area contributed by atoms with Crippen molar-refractivity contribution in [2.24, 2.45) is 5.16 Å². The lowest BCUT2D eigenvalue weighted by Crippen LogP contribution is -2.06. The van der Waals surface area contributed by atoms with Crippen LogP contribution in [0.5, 0.6) is 5.75 Å². The highest BCUT2D eigenvalue weighted by molar-refractivity contribution is 6.01. The maximum Gasteiger partial charge on any atom is 0.119 e. The lowest BCUT2D eigenvalue weighted by molar-refractivity contribution is 0.303. The van der Waals surface area contributed by atoms with Gasteiger partial charge >= 0.3 is 0 Å². The molecule has 13 heavy (non-hydrogen) atoms. The third kappa shape index (κ3) is 2.19. The smallest absolute Gasteiger partial charge is 0.119 e. The molecule has 0 saturated heterocycles. The van der Waals surface area contributed by atoms with Gasteiger partial charge in [-0.2, -0.15) is 0 Å². The van der Waals surface area contributed by atoms with E-state index in [0.29, 0.717) is 11.3 Å². The summed E-state index contributed by atoms with van der Waals surface area (Å²) in [7, 11) is 1.55. The molecule has 1 aromatic rings. The Morgan fingerprint density at radius 1 is 1.54 bits per heavy atom. The summed E-state index contributed by atoms with van der Waals surface area (Å²) in [5.41, 5.74) is 0.864. The van der Waals surface area contributed by atoms with Crippen molar-refractivity contribution in [3.8, 4) is 5.75 Å². The zero-order chi connectivity index (χ0) is 9.68. The summed E-state index contributed by atoms with van der Waals surface area (Å²) in [6, 6.07) is 6.95. The van der Waals surface area contributed by atoms with Crippen LogP contribution in [0.25, 0.3) is 0 Å². The van der Waals surface area contributed by atoms with Crippen LogP contribution >= 0.6 is 0 Å². The van der Waals surface area contributed by atoms with Crippen molar-refractivity contribution in [3.63, 3.8) is 0 Å². The topological polar surface area (TPSA) is 62.0 Å². The fourth-order valence-electron chi connectivity index (χ4n) is 0.983. The van der Waals surface area contributed by atoms with Gasteiger partial charge in [0, 0.05) is 5.56 Å². The molecule has 0 amide bonds.